The number of aliphatic carboxylic acids is 1. The molecule has 0 fully saturated rings. The lowest BCUT2D eigenvalue weighted by Crippen LogP contribution is -2.40. The van der Waals surface area contributed by atoms with E-state index in [1.54, 1.807) is 0 Å². The summed E-state index contributed by atoms with van der Waals surface area (Å²) in [6.45, 7) is 4.56. The highest BCUT2D eigenvalue weighted by Crippen LogP contribution is 2.15. The van der Waals surface area contributed by atoms with Crippen molar-refractivity contribution in [1.29, 1.82) is 0 Å². The van der Waals surface area contributed by atoms with Crippen LogP contribution in [0.5, 0.6) is 0 Å². The largest absolute Gasteiger partial charge is 0.477 e. The van der Waals surface area contributed by atoms with Crippen LogP contribution in [0.3, 0.4) is 0 Å². The van der Waals surface area contributed by atoms with E-state index < -0.39 is 30.3 Å². The molecule has 0 bridgehead atoms. The van der Waals surface area contributed by atoms with Crippen LogP contribution in [0.2, 0.25) is 0 Å². The van der Waals surface area contributed by atoms with Crippen molar-refractivity contribution in [2.45, 2.75) is 257 Å². The third-order valence-electron chi connectivity index (χ3n) is 15.1. The van der Waals surface area contributed by atoms with Gasteiger partial charge in [0.2, 0.25) is 0 Å². The second-order valence-corrected chi connectivity index (χ2v) is 25.5. The predicted octanol–water partition coefficient (Wildman–Crippen LogP) is 24.8. The molecule has 550 valence electrons. The average molecular weight is 1360 g/mol. The Kier molecular flexibility index (Phi) is 71.5. The molecule has 0 heterocycles. The van der Waals surface area contributed by atoms with E-state index >= 15 is 0 Å². The zero-order chi connectivity index (χ0) is 71.8. The summed E-state index contributed by atoms with van der Waals surface area (Å²) in [6, 6.07) is 0. The van der Waals surface area contributed by atoms with Crippen LogP contribution in [0.15, 0.2) is 243 Å². The summed E-state index contributed by atoms with van der Waals surface area (Å²) in [5.74, 6) is -2.10. The van der Waals surface area contributed by atoms with Crippen LogP contribution >= 0.6 is 0 Å². The molecule has 0 aromatic carbocycles. The number of hydrogen-bond acceptors (Lipinski definition) is 7. The lowest BCUT2D eigenvalue weighted by molar-refractivity contribution is -0.870. The van der Waals surface area contributed by atoms with Crippen LogP contribution < -0.4 is 0 Å². The fraction of sp³-hybridized carbons (Fsp3) is 0.522. The first-order valence-electron chi connectivity index (χ1n) is 38.2. The lowest BCUT2D eigenvalue weighted by atomic mass is 10.0. The number of esters is 2. The minimum atomic E-state index is -1.54. The highest BCUT2D eigenvalue weighted by Gasteiger charge is 2.25. The molecule has 9 nitrogen and oxygen atoms in total. The first kappa shape index (κ1) is 92.1. The van der Waals surface area contributed by atoms with Gasteiger partial charge in [-0.25, -0.2) is 4.79 Å². The molecule has 0 aromatic rings. The summed E-state index contributed by atoms with van der Waals surface area (Å²) in [5.41, 5.74) is 0. The van der Waals surface area contributed by atoms with E-state index in [1.807, 2.05) is 21.1 Å². The first-order chi connectivity index (χ1) is 48.6. The van der Waals surface area contributed by atoms with Crippen molar-refractivity contribution in [3.63, 3.8) is 0 Å². The number of ether oxygens (including phenoxy) is 4. The molecule has 0 rings (SSSR count). The first-order valence-corrected chi connectivity index (χ1v) is 38.2. The Morgan fingerprint density at radius 3 is 0.828 bits per heavy atom. The number of carbonyl (C=O) groups excluding carboxylic acids is 2. The van der Waals surface area contributed by atoms with Gasteiger partial charge >= 0.3 is 17.9 Å². The predicted molar refractivity (Wildman–Crippen MR) is 427 cm³/mol. The van der Waals surface area contributed by atoms with Gasteiger partial charge in [-0.05, 0) is 167 Å². The summed E-state index contributed by atoms with van der Waals surface area (Å²) >= 11 is 0. The number of carboxylic acids is 1. The van der Waals surface area contributed by atoms with Crippen LogP contribution in [0.4, 0.5) is 0 Å². The highest BCUT2D eigenvalue weighted by atomic mass is 16.7. The molecule has 0 spiro atoms. The molecule has 0 saturated heterocycles. The molecule has 2 atom stereocenters. The second-order valence-electron chi connectivity index (χ2n) is 25.5. The van der Waals surface area contributed by atoms with Crippen LogP contribution in [0.25, 0.3) is 0 Å². The van der Waals surface area contributed by atoms with E-state index in [4.69, 9.17) is 18.9 Å². The Hall–Kier alpha value is -6.91. The van der Waals surface area contributed by atoms with E-state index in [1.165, 1.54) is 38.5 Å². The molecule has 0 aromatic heterocycles. The molecule has 0 amide bonds. The van der Waals surface area contributed by atoms with Crippen LogP contribution in [0.1, 0.15) is 245 Å². The topological polar surface area (TPSA) is 108 Å². The number of carboxylic acid groups (broad SMARTS) is 1. The minimum Gasteiger partial charge on any atom is -0.477 e. The molecular formula is C90H138NO8+. The molecule has 0 radical (unpaired) electrons. The molecular weight excluding hydrogens is 1220 g/mol. The monoisotopic (exact) mass is 1360 g/mol. The quantitative estimate of drug-likeness (QED) is 0.0211. The van der Waals surface area contributed by atoms with Crippen molar-refractivity contribution in [2.24, 2.45) is 0 Å². The van der Waals surface area contributed by atoms with Crippen LogP contribution in [-0.2, 0) is 33.3 Å². The summed E-state index contributed by atoms with van der Waals surface area (Å²) in [4.78, 5) is 37.7. The number of carbonyl (C=O) groups is 3. The number of allylic oxidation sites excluding steroid dienone is 40. The Bertz CT molecular complexity index is 2540. The van der Waals surface area contributed by atoms with E-state index in [0.29, 0.717) is 23.9 Å². The van der Waals surface area contributed by atoms with Crippen LogP contribution in [0, 0.1) is 0 Å². The minimum absolute atomic E-state index is 0.166. The number of likely N-dealkylation sites (N-methyl/N-ethyl adjacent to an activating group) is 1. The van der Waals surface area contributed by atoms with Crippen molar-refractivity contribution in [3.05, 3.63) is 243 Å². The maximum Gasteiger partial charge on any atom is 0.361 e. The van der Waals surface area contributed by atoms with Gasteiger partial charge in [-0.15, -0.1) is 0 Å². The van der Waals surface area contributed by atoms with Gasteiger partial charge in [-0.1, -0.05) is 308 Å². The third-order valence-corrected chi connectivity index (χ3v) is 15.1. The Morgan fingerprint density at radius 2 is 0.545 bits per heavy atom. The van der Waals surface area contributed by atoms with Gasteiger partial charge < -0.3 is 28.5 Å². The maximum absolute atomic E-state index is 13.0. The van der Waals surface area contributed by atoms with Crippen molar-refractivity contribution < 1.29 is 42.9 Å². The fourth-order valence-corrected chi connectivity index (χ4v) is 9.36. The van der Waals surface area contributed by atoms with Gasteiger partial charge in [0.1, 0.15) is 13.2 Å². The van der Waals surface area contributed by atoms with Crippen molar-refractivity contribution in [2.75, 3.05) is 47.5 Å². The highest BCUT2D eigenvalue weighted by molar-refractivity contribution is 5.71. The maximum atomic E-state index is 13.0. The SMILES string of the molecule is CC/C=C\C/C=C\C/C=C\C/C=C\C/C=C\C/C=C\C/C=C\C/C=C\C/C=C\C/C=C\CCCCCCCCCCCCC(=O)OC(COC(=O)CCCC/C=C\C/C=C\C/C=C\C/C=C\C/C=C\C/C=C\C/C=C\C/C=C\C/C=C\C/C=C\CC)COC(OCC[N+](C)(C)C)C(=O)O. The molecule has 1 N–H and O–H groups in total. The standard InChI is InChI=1S/C90H137NO8/c1-6-8-10-12-14-16-18-20-22-24-26-28-30-32-34-36-38-40-41-42-43-44-45-46-47-49-51-53-55-57-59-61-63-65-67-69-71-73-75-77-79-81-88(93)99-86(85-98-90(89(94)95)96-83-82-91(3,4)5)84-97-87(92)80-78-76-74-72-70-68-66-64-62-60-58-56-54-52-50-48-39-37-35-33-31-29-27-25-23-21-19-17-15-13-11-9-7-2/h8-11,14-17,20-23,26-29,32-35,38-40,42-43,45-46,48-49,51-52,54-55,57-58,60,64,66,70,72,86,90H,6-7,12-13,18-19,24-25,30-31,36-37,41,44,47,50,53,56,59,61-63,65,67-69,71,73-85H2,1-5H3/p+1/b10-8-,11-9-,16-14-,17-15-,22-20-,23-21-,28-26-,29-27-,34-32-,35-33-,40-38-,43-42-,46-45-,48-39-,51-49-,54-52-,57-55-,60-58-,66-64-,72-70-. The number of quaternary nitrogens is 1. The number of rotatable bonds is 67. The normalized spacial score (nSPS) is 14.1. The van der Waals surface area contributed by atoms with Gasteiger partial charge in [0.15, 0.2) is 6.10 Å². The molecule has 9 heteroatoms. The molecule has 0 aliphatic heterocycles. The average Bonchev–Trinajstić information content (AvgIpc) is 2.62. The summed E-state index contributed by atoms with van der Waals surface area (Å²) in [7, 11) is 5.95. The zero-order valence-corrected chi connectivity index (χ0v) is 62.8. The van der Waals surface area contributed by atoms with E-state index in [9.17, 15) is 19.5 Å². The van der Waals surface area contributed by atoms with Crippen LogP contribution in [-0.4, -0.2) is 87.4 Å². The van der Waals surface area contributed by atoms with Gasteiger partial charge in [0.05, 0.1) is 34.4 Å². The molecule has 99 heavy (non-hydrogen) atoms. The fourth-order valence-electron chi connectivity index (χ4n) is 9.36. The molecule has 0 aliphatic carbocycles. The summed E-state index contributed by atoms with van der Waals surface area (Å²) in [5, 5.41) is 9.76. The van der Waals surface area contributed by atoms with E-state index in [-0.39, 0.29) is 32.7 Å². The van der Waals surface area contributed by atoms with E-state index in [0.717, 1.165) is 167 Å². The Balaban J connectivity index is 4.25. The third kappa shape index (κ3) is 78.3. The Labute approximate surface area is 605 Å². The van der Waals surface area contributed by atoms with Crippen molar-refractivity contribution in [3.8, 4) is 0 Å². The smallest absolute Gasteiger partial charge is 0.361 e. The van der Waals surface area contributed by atoms with E-state index in [2.05, 4.69) is 257 Å². The molecule has 0 aliphatic rings. The summed E-state index contributed by atoms with van der Waals surface area (Å²) < 4.78 is 22.9. The van der Waals surface area contributed by atoms with Crippen molar-refractivity contribution >= 4 is 17.9 Å². The second kappa shape index (κ2) is 76.8. The number of unbranched alkanes of at least 4 members (excludes halogenated alkanes) is 12. The zero-order valence-electron chi connectivity index (χ0n) is 62.8. The number of hydrogen-bond donors (Lipinski definition) is 1. The van der Waals surface area contributed by atoms with Crippen molar-refractivity contribution in [1.82, 2.24) is 0 Å². The number of nitrogens with zero attached hydrogens (tertiary/aromatic N) is 1. The molecule has 0 saturated carbocycles. The summed E-state index contributed by atoms with van der Waals surface area (Å²) in [6.07, 6.45) is 121. The van der Waals surface area contributed by atoms with Gasteiger partial charge in [0, 0.05) is 12.8 Å². The van der Waals surface area contributed by atoms with Gasteiger partial charge in [0.25, 0.3) is 6.29 Å². The van der Waals surface area contributed by atoms with Gasteiger partial charge in [-0.2, -0.15) is 0 Å². The van der Waals surface area contributed by atoms with Gasteiger partial charge in [-0.3, -0.25) is 9.59 Å². The lowest BCUT2D eigenvalue weighted by Gasteiger charge is -2.25. The molecule has 2 unspecified atom stereocenters. The Morgan fingerprint density at radius 1 is 0.303 bits per heavy atom.